The molecule has 1 aromatic heterocycles. The van der Waals surface area contributed by atoms with Gasteiger partial charge in [-0.1, -0.05) is 17.3 Å². The van der Waals surface area contributed by atoms with Crippen molar-refractivity contribution in [1.29, 1.82) is 0 Å². The zero-order chi connectivity index (χ0) is 14.7. The Morgan fingerprint density at radius 3 is 2.75 bits per heavy atom. The first-order chi connectivity index (χ1) is 9.47. The van der Waals surface area contributed by atoms with Crippen LogP contribution in [0.5, 0.6) is 0 Å². The predicted molar refractivity (Wildman–Crippen MR) is 73.7 cm³/mol. The van der Waals surface area contributed by atoms with Gasteiger partial charge >= 0.3 is 0 Å². The molecule has 1 heterocycles. The smallest absolute Gasteiger partial charge is 0.138 e. The number of aromatic nitrogens is 1. The molecule has 108 valence electrons. The van der Waals surface area contributed by atoms with E-state index >= 15 is 0 Å². The summed E-state index contributed by atoms with van der Waals surface area (Å²) >= 11 is 0. The summed E-state index contributed by atoms with van der Waals surface area (Å²) < 4.78 is 18.2. The Labute approximate surface area is 117 Å². The van der Waals surface area contributed by atoms with Crippen LogP contribution in [-0.4, -0.2) is 28.8 Å². The molecule has 0 unspecified atom stereocenters. The highest BCUT2D eigenvalue weighted by molar-refractivity contribution is 5.21. The molecule has 1 aromatic carbocycles. The number of aliphatic hydroxyl groups excluding tert-OH is 1. The van der Waals surface area contributed by atoms with E-state index in [0.717, 1.165) is 17.0 Å². The molecule has 0 aliphatic carbocycles. The van der Waals surface area contributed by atoms with E-state index in [1.807, 2.05) is 25.8 Å². The van der Waals surface area contributed by atoms with Crippen LogP contribution in [0.15, 0.2) is 28.8 Å². The lowest BCUT2D eigenvalue weighted by atomic mass is 10.1. The lowest BCUT2D eigenvalue weighted by Gasteiger charge is -2.20. The number of hydrogen-bond acceptors (Lipinski definition) is 4. The summed E-state index contributed by atoms with van der Waals surface area (Å²) in [5.74, 6) is 0.449. The zero-order valence-corrected chi connectivity index (χ0v) is 11.9. The van der Waals surface area contributed by atoms with Crippen LogP contribution in [0.2, 0.25) is 0 Å². The molecule has 4 nitrogen and oxygen atoms in total. The molecule has 0 aliphatic rings. The summed E-state index contributed by atoms with van der Waals surface area (Å²) in [6.07, 6.45) is -0.726. The first kappa shape index (κ1) is 14.7. The van der Waals surface area contributed by atoms with Crippen LogP contribution in [0.25, 0.3) is 0 Å². The lowest BCUT2D eigenvalue weighted by Crippen LogP contribution is -2.24. The molecule has 0 saturated carbocycles. The van der Waals surface area contributed by atoms with Gasteiger partial charge in [-0.25, -0.2) is 4.39 Å². The highest BCUT2D eigenvalue weighted by atomic mass is 19.1. The number of benzene rings is 1. The van der Waals surface area contributed by atoms with Gasteiger partial charge in [0.25, 0.3) is 0 Å². The Hall–Kier alpha value is -1.72. The van der Waals surface area contributed by atoms with Crippen molar-refractivity contribution in [3.05, 3.63) is 52.7 Å². The summed E-state index contributed by atoms with van der Waals surface area (Å²) in [6.45, 7) is 4.80. The minimum Gasteiger partial charge on any atom is -0.387 e. The van der Waals surface area contributed by atoms with Crippen molar-refractivity contribution >= 4 is 0 Å². The molecule has 0 amide bonds. The van der Waals surface area contributed by atoms with Crippen molar-refractivity contribution in [2.75, 3.05) is 13.6 Å². The van der Waals surface area contributed by atoms with E-state index in [1.54, 1.807) is 12.1 Å². The number of rotatable bonds is 5. The number of hydrogen-bond donors (Lipinski definition) is 1. The molecular weight excluding hydrogens is 259 g/mol. The van der Waals surface area contributed by atoms with Crippen LogP contribution in [-0.2, 0) is 6.54 Å². The fourth-order valence-electron chi connectivity index (χ4n) is 2.18. The van der Waals surface area contributed by atoms with Gasteiger partial charge in [-0.3, -0.25) is 4.90 Å². The Morgan fingerprint density at radius 1 is 1.40 bits per heavy atom. The first-order valence-corrected chi connectivity index (χ1v) is 6.51. The van der Waals surface area contributed by atoms with E-state index in [0.29, 0.717) is 18.7 Å². The van der Waals surface area contributed by atoms with Gasteiger partial charge in [0.05, 0.1) is 11.8 Å². The van der Waals surface area contributed by atoms with Gasteiger partial charge in [0, 0.05) is 18.7 Å². The van der Waals surface area contributed by atoms with E-state index in [4.69, 9.17) is 4.52 Å². The second kappa shape index (κ2) is 6.15. The summed E-state index contributed by atoms with van der Waals surface area (Å²) in [4.78, 5) is 1.96. The molecule has 0 saturated heterocycles. The van der Waals surface area contributed by atoms with Crippen LogP contribution < -0.4 is 0 Å². The van der Waals surface area contributed by atoms with Crippen LogP contribution in [0.1, 0.15) is 28.7 Å². The van der Waals surface area contributed by atoms with Crippen LogP contribution >= 0.6 is 0 Å². The van der Waals surface area contributed by atoms with Gasteiger partial charge in [-0.15, -0.1) is 0 Å². The average molecular weight is 278 g/mol. The minimum atomic E-state index is -0.726. The van der Waals surface area contributed by atoms with Crippen molar-refractivity contribution in [2.24, 2.45) is 0 Å². The van der Waals surface area contributed by atoms with Crippen molar-refractivity contribution in [3.63, 3.8) is 0 Å². The zero-order valence-electron chi connectivity index (χ0n) is 11.9. The minimum absolute atomic E-state index is 0.338. The molecule has 0 spiro atoms. The maximum absolute atomic E-state index is 13.1. The van der Waals surface area contributed by atoms with Crippen molar-refractivity contribution in [1.82, 2.24) is 10.1 Å². The van der Waals surface area contributed by atoms with Gasteiger partial charge in [-0.2, -0.15) is 0 Å². The molecule has 1 atom stereocenters. The number of nitrogens with zero attached hydrogens (tertiary/aromatic N) is 2. The normalized spacial score (nSPS) is 12.9. The molecule has 2 rings (SSSR count). The van der Waals surface area contributed by atoms with Gasteiger partial charge in [-0.05, 0) is 38.6 Å². The Bertz CT molecular complexity index is 564. The third kappa shape index (κ3) is 3.43. The van der Waals surface area contributed by atoms with Gasteiger partial charge < -0.3 is 9.63 Å². The second-order valence-electron chi connectivity index (χ2n) is 5.07. The maximum atomic E-state index is 13.1. The third-order valence-electron chi connectivity index (χ3n) is 3.33. The summed E-state index contributed by atoms with van der Waals surface area (Å²) in [5, 5.41) is 14.0. The number of halogens is 1. The topological polar surface area (TPSA) is 49.5 Å². The summed E-state index contributed by atoms with van der Waals surface area (Å²) in [5.41, 5.74) is 2.46. The van der Waals surface area contributed by atoms with Crippen LogP contribution in [0, 0.1) is 19.7 Å². The van der Waals surface area contributed by atoms with Crippen LogP contribution in [0.4, 0.5) is 4.39 Å². The Morgan fingerprint density at radius 2 is 2.15 bits per heavy atom. The highest BCUT2D eigenvalue weighted by Gasteiger charge is 2.15. The Kier molecular flexibility index (Phi) is 4.52. The second-order valence-corrected chi connectivity index (χ2v) is 5.07. The molecule has 0 aliphatic heterocycles. The van der Waals surface area contributed by atoms with E-state index in [2.05, 4.69) is 5.16 Å². The average Bonchev–Trinajstić information content (AvgIpc) is 2.70. The molecule has 20 heavy (non-hydrogen) atoms. The van der Waals surface area contributed by atoms with Crippen molar-refractivity contribution in [2.45, 2.75) is 26.5 Å². The number of aryl methyl sites for hydroxylation is 2. The van der Waals surface area contributed by atoms with E-state index in [9.17, 15) is 9.50 Å². The third-order valence-corrected chi connectivity index (χ3v) is 3.33. The molecule has 0 bridgehead atoms. The molecular formula is C15H19FN2O2. The number of aliphatic hydroxyl groups is 1. The largest absolute Gasteiger partial charge is 0.387 e. The monoisotopic (exact) mass is 278 g/mol. The highest BCUT2D eigenvalue weighted by Crippen LogP contribution is 2.18. The van der Waals surface area contributed by atoms with Crippen molar-refractivity contribution < 1.29 is 14.0 Å². The molecule has 5 heteroatoms. The predicted octanol–water partition coefficient (Wildman–Crippen LogP) is 2.60. The first-order valence-electron chi connectivity index (χ1n) is 6.51. The van der Waals surface area contributed by atoms with Gasteiger partial charge in [0.1, 0.15) is 11.6 Å². The molecule has 2 aromatic rings. The quantitative estimate of drug-likeness (QED) is 0.913. The van der Waals surface area contributed by atoms with Gasteiger partial charge in [0.15, 0.2) is 0 Å². The standard InChI is InChI=1S/C15H19FN2O2/c1-10-14(11(2)20-17-10)8-18(3)9-15(19)12-5-4-6-13(16)7-12/h4-7,15,19H,8-9H2,1-3H3/t15-/m1/s1. The maximum Gasteiger partial charge on any atom is 0.138 e. The van der Waals surface area contributed by atoms with Gasteiger partial charge in [0.2, 0.25) is 0 Å². The lowest BCUT2D eigenvalue weighted by molar-refractivity contribution is 0.123. The fraction of sp³-hybridized carbons (Fsp3) is 0.400. The SMILES string of the molecule is Cc1noc(C)c1CN(C)C[C@@H](O)c1cccc(F)c1. The summed E-state index contributed by atoms with van der Waals surface area (Å²) in [7, 11) is 1.90. The van der Waals surface area contributed by atoms with Crippen LogP contribution in [0.3, 0.4) is 0 Å². The molecule has 1 N–H and O–H groups in total. The van der Waals surface area contributed by atoms with E-state index in [1.165, 1.54) is 12.1 Å². The Balaban J connectivity index is 1.99. The van der Waals surface area contributed by atoms with E-state index in [-0.39, 0.29) is 5.82 Å². The number of likely N-dealkylation sites (N-methyl/N-ethyl adjacent to an activating group) is 1. The van der Waals surface area contributed by atoms with E-state index < -0.39 is 6.10 Å². The molecule has 0 radical (unpaired) electrons. The fourth-order valence-corrected chi connectivity index (χ4v) is 2.18. The van der Waals surface area contributed by atoms with Crippen molar-refractivity contribution in [3.8, 4) is 0 Å². The molecule has 0 fully saturated rings. The summed E-state index contributed by atoms with van der Waals surface area (Å²) in [6, 6.07) is 6.04.